The van der Waals surface area contributed by atoms with E-state index in [9.17, 15) is 5.11 Å². The van der Waals surface area contributed by atoms with Crippen LogP contribution in [0.4, 0.5) is 5.82 Å². The molecule has 1 aromatic heterocycles. The second-order valence-electron chi connectivity index (χ2n) is 3.98. The molecule has 2 heterocycles. The minimum absolute atomic E-state index is 0.116. The zero-order chi connectivity index (χ0) is 10.7. The highest BCUT2D eigenvalue weighted by molar-refractivity contribution is 5.40. The number of nitrogens with two attached hydrogens (primary N) is 1. The van der Waals surface area contributed by atoms with Gasteiger partial charge in [-0.2, -0.15) is 0 Å². The lowest BCUT2D eigenvalue weighted by Crippen LogP contribution is -2.39. The van der Waals surface area contributed by atoms with E-state index in [0.29, 0.717) is 5.82 Å². The maximum Gasteiger partial charge on any atom is 0.129 e. The number of hydrogen-bond donors (Lipinski definition) is 3. The first-order chi connectivity index (χ1) is 7.29. The molecule has 0 radical (unpaired) electrons. The summed E-state index contributed by atoms with van der Waals surface area (Å²) >= 11 is 0. The Morgan fingerprint density at radius 1 is 1.53 bits per heavy atom. The average molecular weight is 207 g/mol. The molecule has 2 unspecified atom stereocenters. The second-order valence-corrected chi connectivity index (χ2v) is 3.98. The molecule has 0 spiro atoms. The molecular weight excluding hydrogens is 190 g/mol. The predicted molar refractivity (Wildman–Crippen MR) is 59.3 cm³/mol. The number of pyridine rings is 1. The molecular formula is C11H17N3O. The van der Waals surface area contributed by atoms with Crippen molar-refractivity contribution in [2.24, 2.45) is 0 Å². The van der Waals surface area contributed by atoms with Gasteiger partial charge in [0.1, 0.15) is 5.82 Å². The highest BCUT2D eigenvalue weighted by Crippen LogP contribution is 2.25. The van der Waals surface area contributed by atoms with Gasteiger partial charge in [-0.3, -0.25) is 0 Å². The number of rotatable bonds is 2. The van der Waals surface area contributed by atoms with Crippen molar-refractivity contribution in [2.75, 3.05) is 12.3 Å². The van der Waals surface area contributed by atoms with Gasteiger partial charge in [0.15, 0.2) is 0 Å². The molecule has 15 heavy (non-hydrogen) atoms. The first-order valence-corrected chi connectivity index (χ1v) is 5.41. The number of nitrogens with zero attached hydrogens (tertiary/aromatic N) is 1. The molecule has 0 saturated carbocycles. The van der Waals surface area contributed by atoms with Crippen LogP contribution >= 0.6 is 0 Å². The largest absolute Gasteiger partial charge is 0.387 e. The monoisotopic (exact) mass is 207 g/mol. The number of nitrogen functional groups attached to an aromatic ring is 1. The molecule has 82 valence electrons. The molecule has 0 bridgehead atoms. The van der Waals surface area contributed by atoms with Crippen LogP contribution in [0.3, 0.4) is 0 Å². The first-order valence-electron chi connectivity index (χ1n) is 5.41. The van der Waals surface area contributed by atoms with Gasteiger partial charge in [0, 0.05) is 17.8 Å². The zero-order valence-corrected chi connectivity index (χ0v) is 8.69. The fraction of sp³-hybridized carbons (Fsp3) is 0.545. The van der Waals surface area contributed by atoms with Gasteiger partial charge >= 0.3 is 0 Å². The quantitative estimate of drug-likeness (QED) is 0.672. The van der Waals surface area contributed by atoms with E-state index in [4.69, 9.17) is 5.73 Å². The predicted octanol–water partition coefficient (Wildman–Crippen LogP) is 0.839. The average Bonchev–Trinajstić information content (AvgIpc) is 2.30. The smallest absolute Gasteiger partial charge is 0.129 e. The maximum absolute atomic E-state index is 10.1. The van der Waals surface area contributed by atoms with E-state index in [1.807, 2.05) is 6.07 Å². The van der Waals surface area contributed by atoms with Gasteiger partial charge in [0.2, 0.25) is 0 Å². The highest BCUT2D eigenvalue weighted by Gasteiger charge is 2.24. The van der Waals surface area contributed by atoms with Crippen molar-refractivity contribution in [2.45, 2.75) is 31.4 Å². The molecule has 4 heteroatoms. The number of piperidine rings is 1. The topological polar surface area (TPSA) is 71.2 Å². The van der Waals surface area contributed by atoms with Crippen LogP contribution in [0.5, 0.6) is 0 Å². The third kappa shape index (κ3) is 2.27. The van der Waals surface area contributed by atoms with Crippen molar-refractivity contribution in [3.8, 4) is 0 Å². The number of aliphatic hydroxyl groups is 1. The molecule has 0 aromatic carbocycles. The fourth-order valence-electron chi connectivity index (χ4n) is 2.05. The Hall–Kier alpha value is -1.13. The van der Waals surface area contributed by atoms with Crippen LogP contribution in [0.1, 0.15) is 30.9 Å². The van der Waals surface area contributed by atoms with Crippen LogP contribution in [0.25, 0.3) is 0 Å². The van der Waals surface area contributed by atoms with Gasteiger partial charge in [-0.15, -0.1) is 0 Å². The lowest BCUT2D eigenvalue weighted by molar-refractivity contribution is 0.114. The van der Waals surface area contributed by atoms with E-state index in [2.05, 4.69) is 10.3 Å². The van der Waals surface area contributed by atoms with E-state index in [-0.39, 0.29) is 6.04 Å². The molecule has 0 amide bonds. The SMILES string of the molecule is Nc1ncccc1C(O)C1CCCCN1. The zero-order valence-electron chi connectivity index (χ0n) is 8.69. The maximum atomic E-state index is 10.1. The van der Waals surface area contributed by atoms with Crippen molar-refractivity contribution >= 4 is 5.82 Å². The van der Waals surface area contributed by atoms with Gasteiger partial charge in [0.25, 0.3) is 0 Å². The summed E-state index contributed by atoms with van der Waals surface area (Å²) < 4.78 is 0. The van der Waals surface area contributed by atoms with Crippen LogP contribution in [0.2, 0.25) is 0 Å². The van der Waals surface area contributed by atoms with E-state index in [1.54, 1.807) is 12.3 Å². The van der Waals surface area contributed by atoms with Gasteiger partial charge in [-0.25, -0.2) is 4.98 Å². The summed E-state index contributed by atoms with van der Waals surface area (Å²) in [5.74, 6) is 0.428. The number of aromatic nitrogens is 1. The lowest BCUT2D eigenvalue weighted by atomic mass is 9.95. The van der Waals surface area contributed by atoms with Crippen LogP contribution < -0.4 is 11.1 Å². The first kappa shape index (κ1) is 10.4. The summed E-state index contributed by atoms with van der Waals surface area (Å²) in [6.45, 7) is 0.974. The molecule has 1 aliphatic rings. The van der Waals surface area contributed by atoms with Crippen molar-refractivity contribution in [3.63, 3.8) is 0 Å². The summed E-state index contributed by atoms with van der Waals surface area (Å²) in [6.07, 6.45) is 4.44. The fourth-order valence-corrected chi connectivity index (χ4v) is 2.05. The molecule has 2 atom stereocenters. The number of hydrogen-bond acceptors (Lipinski definition) is 4. The number of aliphatic hydroxyl groups excluding tert-OH is 1. The van der Waals surface area contributed by atoms with Crippen LogP contribution in [-0.4, -0.2) is 22.7 Å². The molecule has 4 nitrogen and oxygen atoms in total. The molecule has 0 aliphatic carbocycles. The third-order valence-corrected chi connectivity index (χ3v) is 2.92. The second kappa shape index (κ2) is 4.59. The van der Waals surface area contributed by atoms with Crippen LogP contribution in [0, 0.1) is 0 Å². The van der Waals surface area contributed by atoms with E-state index in [0.717, 1.165) is 24.9 Å². The Morgan fingerprint density at radius 2 is 2.40 bits per heavy atom. The van der Waals surface area contributed by atoms with Crippen LogP contribution in [0.15, 0.2) is 18.3 Å². The van der Waals surface area contributed by atoms with E-state index >= 15 is 0 Å². The van der Waals surface area contributed by atoms with Crippen molar-refractivity contribution in [1.82, 2.24) is 10.3 Å². The minimum atomic E-state index is -0.543. The summed E-state index contributed by atoms with van der Waals surface area (Å²) in [6, 6.07) is 3.76. The van der Waals surface area contributed by atoms with Gasteiger partial charge < -0.3 is 16.2 Å². The normalized spacial score (nSPS) is 23.7. The standard InChI is InChI=1S/C11H17N3O/c12-11-8(4-3-7-14-11)10(15)9-5-1-2-6-13-9/h3-4,7,9-10,13,15H,1-2,5-6H2,(H2,12,14). The third-order valence-electron chi connectivity index (χ3n) is 2.92. The van der Waals surface area contributed by atoms with Crippen molar-refractivity contribution < 1.29 is 5.11 Å². The molecule has 1 aromatic rings. The van der Waals surface area contributed by atoms with Crippen molar-refractivity contribution in [1.29, 1.82) is 0 Å². The Morgan fingerprint density at radius 3 is 3.07 bits per heavy atom. The number of anilines is 1. The number of nitrogens with one attached hydrogen (secondary N) is 1. The molecule has 1 fully saturated rings. The van der Waals surface area contributed by atoms with E-state index in [1.165, 1.54) is 6.42 Å². The minimum Gasteiger partial charge on any atom is -0.387 e. The van der Waals surface area contributed by atoms with E-state index < -0.39 is 6.10 Å². The summed E-state index contributed by atoms with van der Waals surface area (Å²) in [5.41, 5.74) is 6.46. The van der Waals surface area contributed by atoms with Crippen LogP contribution in [-0.2, 0) is 0 Å². The summed E-state index contributed by atoms with van der Waals surface area (Å²) in [4.78, 5) is 3.99. The molecule has 1 aliphatic heterocycles. The van der Waals surface area contributed by atoms with Gasteiger partial charge in [0.05, 0.1) is 6.10 Å². The summed E-state index contributed by atoms with van der Waals surface area (Å²) in [5, 5.41) is 13.5. The lowest BCUT2D eigenvalue weighted by Gasteiger charge is -2.28. The molecule has 1 saturated heterocycles. The van der Waals surface area contributed by atoms with Gasteiger partial charge in [-0.1, -0.05) is 12.5 Å². The Labute approximate surface area is 89.5 Å². The molecule has 2 rings (SSSR count). The Bertz CT molecular complexity index is 323. The molecule has 4 N–H and O–H groups in total. The summed E-state index contributed by atoms with van der Waals surface area (Å²) in [7, 11) is 0. The Kier molecular flexibility index (Phi) is 3.18. The Balaban J connectivity index is 2.12. The van der Waals surface area contributed by atoms with Crippen molar-refractivity contribution in [3.05, 3.63) is 23.9 Å². The van der Waals surface area contributed by atoms with Gasteiger partial charge in [-0.05, 0) is 25.5 Å². The highest BCUT2D eigenvalue weighted by atomic mass is 16.3.